The lowest BCUT2D eigenvalue weighted by molar-refractivity contribution is -0.143. The largest absolute Gasteiger partial charge is 0.497 e. The van der Waals surface area contributed by atoms with E-state index in [0.29, 0.717) is 11.3 Å². The van der Waals surface area contributed by atoms with Crippen molar-refractivity contribution in [1.29, 1.82) is 0 Å². The molecular weight excluding hydrogens is 444 g/mol. The lowest BCUT2D eigenvalue weighted by atomic mass is 10.0. The van der Waals surface area contributed by atoms with Crippen molar-refractivity contribution >= 4 is 21.9 Å². The highest BCUT2D eigenvalue weighted by molar-refractivity contribution is 7.89. The molecule has 0 aromatic heterocycles. The maximum Gasteiger partial charge on any atom is 0.308 e. The van der Waals surface area contributed by atoms with Gasteiger partial charge in [0.05, 0.1) is 31.1 Å². The number of nitrogens with one attached hydrogen (secondary N) is 2. The molecule has 0 saturated heterocycles. The maximum atomic E-state index is 13.0. The molecular formula is C24H30N2O6S. The van der Waals surface area contributed by atoms with Crippen LogP contribution in [0.15, 0.2) is 53.4 Å². The fourth-order valence-electron chi connectivity index (χ4n) is 3.87. The number of rotatable bonds is 10. The third-order valence-corrected chi connectivity index (χ3v) is 7.08. The molecule has 1 unspecified atom stereocenters. The lowest BCUT2D eigenvalue weighted by Gasteiger charge is -2.19. The monoisotopic (exact) mass is 474 g/mol. The summed E-state index contributed by atoms with van der Waals surface area (Å²) < 4.78 is 38.6. The number of hydrogen-bond acceptors (Lipinski definition) is 6. The fraction of sp³-hybridized carbons (Fsp3) is 0.417. The third kappa shape index (κ3) is 6.79. The molecule has 1 amide bonds. The molecule has 1 aliphatic carbocycles. The van der Waals surface area contributed by atoms with E-state index < -0.39 is 27.9 Å². The molecule has 178 valence electrons. The summed E-state index contributed by atoms with van der Waals surface area (Å²) in [4.78, 5) is 25.2. The van der Waals surface area contributed by atoms with E-state index in [1.54, 1.807) is 31.2 Å². The topological polar surface area (TPSA) is 111 Å². The summed E-state index contributed by atoms with van der Waals surface area (Å²) in [6, 6.07) is 12.2. The summed E-state index contributed by atoms with van der Waals surface area (Å²) in [5.74, 6) is -0.366. The van der Waals surface area contributed by atoms with E-state index in [2.05, 4.69) is 10.0 Å². The maximum absolute atomic E-state index is 13.0. The Hall–Kier alpha value is -2.91. The Morgan fingerprint density at radius 3 is 2.52 bits per heavy atom. The Labute approximate surface area is 194 Å². The average Bonchev–Trinajstić information content (AvgIpc) is 3.31. The highest BCUT2D eigenvalue weighted by atomic mass is 32.2. The predicted octanol–water partition coefficient (Wildman–Crippen LogP) is 3.34. The van der Waals surface area contributed by atoms with Gasteiger partial charge < -0.3 is 14.8 Å². The minimum Gasteiger partial charge on any atom is -0.497 e. The summed E-state index contributed by atoms with van der Waals surface area (Å²) >= 11 is 0. The van der Waals surface area contributed by atoms with Crippen LogP contribution in [0.3, 0.4) is 0 Å². The van der Waals surface area contributed by atoms with Gasteiger partial charge in [-0.1, -0.05) is 31.0 Å². The van der Waals surface area contributed by atoms with Gasteiger partial charge in [0, 0.05) is 11.6 Å². The quantitative estimate of drug-likeness (QED) is 0.511. The Morgan fingerprint density at radius 2 is 1.82 bits per heavy atom. The number of ether oxygens (including phenoxy) is 2. The first kappa shape index (κ1) is 24.7. The molecule has 9 heteroatoms. The van der Waals surface area contributed by atoms with Crippen LogP contribution in [0.25, 0.3) is 0 Å². The smallest absolute Gasteiger partial charge is 0.308 e. The van der Waals surface area contributed by atoms with Gasteiger partial charge in [0.25, 0.3) is 5.91 Å². The first-order valence-electron chi connectivity index (χ1n) is 11.0. The highest BCUT2D eigenvalue weighted by Gasteiger charge is 2.25. The first-order valence-corrected chi connectivity index (χ1v) is 12.5. The molecule has 0 bridgehead atoms. The summed E-state index contributed by atoms with van der Waals surface area (Å²) in [7, 11) is -2.21. The second-order valence-electron chi connectivity index (χ2n) is 7.94. The number of sulfonamides is 1. The molecule has 0 heterocycles. The van der Waals surface area contributed by atoms with Gasteiger partial charge in [-0.3, -0.25) is 9.59 Å². The number of carbonyl (C=O) groups excluding carboxylic acids is 2. The fourth-order valence-corrected chi connectivity index (χ4v) is 5.22. The van der Waals surface area contributed by atoms with Crippen molar-refractivity contribution in [1.82, 2.24) is 10.0 Å². The molecule has 1 aliphatic rings. The number of carbonyl (C=O) groups is 2. The average molecular weight is 475 g/mol. The number of esters is 1. The Morgan fingerprint density at radius 1 is 1.09 bits per heavy atom. The van der Waals surface area contributed by atoms with Gasteiger partial charge in [0.1, 0.15) is 5.75 Å². The lowest BCUT2D eigenvalue weighted by Crippen LogP contribution is -2.33. The predicted molar refractivity (Wildman–Crippen MR) is 123 cm³/mol. The number of amides is 1. The molecule has 8 nitrogen and oxygen atoms in total. The first-order chi connectivity index (χ1) is 15.8. The van der Waals surface area contributed by atoms with Crippen molar-refractivity contribution in [2.24, 2.45) is 0 Å². The van der Waals surface area contributed by atoms with Crippen LogP contribution < -0.4 is 14.8 Å². The summed E-state index contributed by atoms with van der Waals surface area (Å²) in [6.45, 7) is 1.94. The second kappa shape index (κ2) is 11.3. The standard InChI is InChI=1S/C24H30N2O6S/c1-3-32-23(27)16-22(17-8-6-12-20(14-17)31-2)25-24(28)18-9-7-13-21(15-18)33(29,30)26-19-10-4-5-11-19/h6-9,12-15,19,22,26H,3-5,10-11,16H2,1-2H3,(H,25,28). The van der Waals surface area contributed by atoms with E-state index in [0.717, 1.165) is 25.7 Å². The van der Waals surface area contributed by atoms with Crippen molar-refractivity contribution in [2.45, 2.75) is 56.0 Å². The minimum atomic E-state index is -3.74. The molecule has 1 fully saturated rings. The van der Waals surface area contributed by atoms with Crippen LogP contribution in [0.2, 0.25) is 0 Å². The number of hydrogen-bond donors (Lipinski definition) is 2. The molecule has 0 aliphatic heterocycles. The summed E-state index contributed by atoms with van der Waals surface area (Å²) in [5.41, 5.74) is 0.850. The molecule has 33 heavy (non-hydrogen) atoms. The van der Waals surface area contributed by atoms with Gasteiger partial charge in [-0.15, -0.1) is 0 Å². The van der Waals surface area contributed by atoms with Gasteiger partial charge in [-0.25, -0.2) is 13.1 Å². The molecule has 2 aromatic rings. The zero-order chi connectivity index (χ0) is 23.8. The Balaban J connectivity index is 1.81. The molecule has 2 N–H and O–H groups in total. The van der Waals surface area contributed by atoms with Crippen LogP contribution in [-0.4, -0.2) is 40.1 Å². The molecule has 1 saturated carbocycles. The zero-order valence-electron chi connectivity index (χ0n) is 18.9. The van der Waals surface area contributed by atoms with E-state index in [9.17, 15) is 18.0 Å². The van der Waals surface area contributed by atoms with Gasteiger partial charge in [0.2, 0.25) is 10.0 Å². The van der Waals surface area contributed by atoms with Crippen molar-refractivity contribution in [3.8, 4) is 5.75 Å². The zero-order valence-corrected chi connectivity index (χ0v) is 19.7. The Kier molecular flexibility index (Phi) is 8.46. The van der Waals surface area contributed by atoms with Gasteiger partial charge in [0.15, 0.2) is 0 Å². The van der Waals surface area contributed by atoms with Gasteiger partial charge >= 0.3 is 5.97 Å². The molecule has 1 atom stereocenters. The third-order valence-electron chi connectivity index (χ3n) is 5.56. The van der Waals surface area contributed by atoms with Gasteiger partial charge in [-0.2, -0.15) is 0 Å². The summed E-state index contributed by atoms with van der Waals surface area (Å²) in [5, 5.41) is 2.83. The normalized spacial score (nSPS) is 15.1. The second-order valence-corrected chi connectivity index (χ2v) is 9.66. The number of methoxy groups -OCH3 is 1. The minimum absolute atomic E-state index is 0.0328. The molecule has 0 radical (unpaired) electrons. The van der Waals surface area contributed by atoms with E-state index >= 15 is 0 Å². The van der Waals surface area contributed by atoms with E-state index in [1.807, 2.05) is 0 Å². The van der Waals surface area contributed by atoms with Crippen LogP contribution in [-0.2, 0) is 19.6 Å². The van der Waals surface area contributed by atoms with Crippen molar-refractivity contribution in [3.05, 3.63) is 59.7 Å². The van der Waals surface area contributed by atoms with E-state index in [1.165, 1.54) is 31.4 Å². The van der Waals surface area contributed by atoms with Gasteiger partial charge in [-0.05, 0) is 55.7 Å². The number of benzene rings is 2. The van der Waals surface area contributed by atoms with Crippen LogP contribution in [0, 0.1) is 0 Å². The van der Waals surface area contributed by atoms with Crippen LogP contribution in [0.5, 0.6) is 5.75 Å². The van der Waals surface area contributed by atoms with E-state index in [-0.39, 0.29) is 29.5 Å². The van der Waals surface area contributed by atoms with Crippen LogP contribution in [0.4, 0.5) is 0 Å². The van der Waals surface area contributed by atoms with Crippen LogP contribution in [0.1, 0.15) is 61.0 Å². The highest BCUT2D eigenvalue weighted by Crippen LogP contribution is 2.24. The van der Waals surface area contributed by atoms with Crippen molar-refractivity contribution in [3.63, 3.8) is 0 Å². The summed E-state index contributed by atoms with van der Waals surface area (Å²) in [6.07, 6.45) is 3.56. The molecule has 3 rings (SSSR count). The molecule has 0 spiro atoms. The van der Waals surface area contributed by atoms with Crippen molar-refractivity contribution in [2.75, 3.05) is 13.7 Å². The SMILES string of the molecule is CCOC(=O)CC(NC(=O)c1cccc(S(=O)(=O)NC2CCCC2)c1)c1cccc(OC)c1. The van der Waals surface area contributed by atoms with Crippen molar-refractivity contribution < 1.29 is 27.5 Å². The molecule has 2 aromatic carbocycles. The Bertz CT molecular complexity index is 1080. The van der Waals surface area contributed by atoms with Crippen LogP contribution >= 0.6 is 0 Å². The van der Waals surface area contributed by atoms with E-state index in [4.69, 9.17) is 9.47 Å².